The molecule has 6 nitrogen and oxygen atoms in total. The van der Waals surface area contributed by atoms with E-state index in [2.05, 4.69) is 0 Å². The lowest BCUT2D eigenvalue weighted by atomic mass is 9.77. The predicted octanol–water partition coefficient (Wildman–Crippen LogP) is 4.60. The van der Waals surface area contributed by atoms with Gasteiger partial charge in [-0.1, -0.05) is 67.1 Å². The summed E-state index contributed by atoms with van der Waals surface area (Å²) in [6, 6.07) is 20.3. The Morgan fingerprint density at radius 3 is 2.11 bits per heavy atom. The van der Waals surface area contributed by atoms with Gasteiger partial charge in [0.2, 0.25) is 29.0 Å². The van der Waals surface area contributed by atoms with Gasteiger partial charge in [-0.15, -0.1) is 0 Å². The van der Waals surface area contributed by atoms with Crippen molar-refractivity contribution in [1.82, 2.24) is 0 Å². The number of halogens is 1. The molecule has 2 fully saturated rings. The maximum absolute atomic E-state index is 13.9. The second-order valence-corrected chi connectivity index (χ2v) is 9.50. The minimum Gasteiger partial charge on any atom is -0.349 e. The normalized spacial score (nSPS) is 24.4. The lowest BCUT2D eigenvalue weighted by molar-refractivity contribution is -0.127. The predicted molar refractivity (Wildman–Crippen MR) is 128 cm³/mol. The van der Waals surface area contributed by atoms with Gasteiger partial charge in [-0.2, -0.15) is 0 Å². The highest BCUT2D eigenvalue weighted by molar-refractivity contribution is 6.37. The van der Waals surface area contributed by atoms with Crippen molar-refractivity contribution < 1.29 is 23.9 Å². The summed E-state index contributed by atoms with van der Waals surface area (Å²) >= 11 is 6.21. The number of ether oxygens (including phenoxy) is 1. The van der Waals surface area contributed by atoms with E-state index in [-0.39, 0.29) is 11.1 Å². The highest BCUT2D eigenvalue weighted by Crippen LogP contribution is 2.57. The van der Waals surface area contributed by atoms with Crippen LogP contribution >= 0.6 is 11.6 Å². The van der Waals surface area contributed by atoms with Gasteiger partial charge in [-0.25, -0.2) is 4.90 Å². The van der Waals surface area contributed by atoms with E-state index in [1.165, 1.54) is 0 Å². The fourth-order valence-electron chi connectivity index (χ4n) is 5.64. The molecule has 3 aromatic rings. The van der Waals surface area contributed by atoms with Crippen LogP contribution < -0.4 is 4.90 Å². The van der Waals surface area contributed by atoms with Crippen LogP contribution in [0, 0.1) is 11.8 Å². The summed E-state index contributed by atoms with van der Waals surface area (Å²) in [6.45, 7) is 2.01. The molecular weight excluding hydrogens is 466 g/mol. The van der Waals surface area contributed by atoms with Crippen LogP contribution in [-0.4, -0.2) is 29.0 Å². The second-order valence-electron chi connectivity index (χ2n) is 9.07. The van der Waals surface area contributed by atoms with Crippen molar-refractivity contribution in [2.45, 2.75) is 25.0 Å². The van der Waals surface area contributed by atoms with Gasteiger partial charge < -0.3 is 4.74 Å². The van der Waals surface area contributed by atoms with Gasteiger partial charge >= 0.3 is 0 Å². The molecule has 6 rings (SSSR count). The molecule has 2 amide bonds. The molecule has 0 aromatic heterocycles. The van der Waals surface area contributed by atoms with Gasteiger partial charge in [0.1, 0.15) is 0 Å². The Morgan fingerprint density at radius 2 is 1.51 bits per heavy atom. The Morgan fingerprint density at radius 1 is 0.857 bits per heavy atom. The zero-order chi connectivity index (χ0) is 24.5. The van der Waals surface area contributed by atoms with E-state index in [4.69, 9.17) is 16.3 Å². The number of anilines is 1. The third-order valence-corrected chi connectivity index (χ3v) is 7.53. The Bertz CT molecular complexity index is 1390. The number of hydrogen-bond acceptors (Lipinski definition) is 5. The lowest BCUT2D eigenvalue weighted by Crippen LogP contribution is -2.51. The molecule has 0 radical (unpaired) electrons. The van der Waals surface area contributed by atoms with E-state index in [0.717, 1.165) is 16.9 Å². The SMILES string of the molecule is CCc1ccc(N2C(=O)[C@@H]3[C@@H](C2=O)C2(O[C@H]3c3cccc(Cl)c3)C(=O)c3ccccc3C2=O)cc1. The molecule has 0 bridgehead atoms. The molecule has 3 aromatic carbocycles. The quantitative estimate of drug-likeness (QED) is 0.400. The molecule has 1 spiro atoms. The number of rotatable bonds is 3. The number of amides is 2. The average molecular weight is 486 g/mol. The Hall–Kier alpha value is -3.61. The molecule has 0 saturated carbocycles. The first-order chi connectivity index (χ1) is 16.9. The minimum atomic E-state index is -2.09. The molecule has 1 aliphatic carbocycles. The molecule has 35 heavy (non-hydrogen) atoms. The van der Waals surface area contributed by atoms with Crippen molar-refractivity contribution in [3.63, 3.8) is 0 Å². The summed E-state index contributed by atoms with van der Waals surface area (Å²) in [5.41, 5.74) is 0.308. The number of aryl methyl sites for hydroxylation is 1. The molecule has 7 heteroatoms. The number of ketones is 2. The number of Topliss-reactive ketones (excluding diaryl/α,β-unsaturated/α-hetero) is 2. The monoisotopic (exact) mass is 485 g/mol. The largest absolute Gasteiger partial charge is 0.349 e. The Labute approximate surface area is 206 Å². The van der Waals surface area contributed by atoms with Gasteiger partial charge in [0, 0.05) is 16.1 Å². The highest BCUT2D eigenvalue weighted by atomic mass is 35.5. The number of benzene rings is 3. The van der Waals surface area contributed by atoms with Crippen molar-refractivity contribution >= 4 is 40.7 Å². The van der Waals surface area contributed by atoms with Crippen molar-refractivity contribution in [2.24, 2.45) is 11.8 Å². The molecule has 3 atom stereocenters. The van der Waals surface area contributed by atoms with E-state index in [1.807, 2.05) is 19.1 Å². The third-order valence-electron chi connectivity index (χ3n) is 7.30. The summed E-state index contributed by atoms with van der Waals surface area (Å²) in [6.07, 6.45) is -0.181. The first-order valence-electron chi connectivity index (χ1n) is 11.5. The number of nitrogens with zero attached hydrogens (tertiary/aromatic N) is 1. The number of hydrogen-bond donors (Lipinski definition) is 0. The number of carbonyl (C=O) groups excluding carboxylic acids is 4. The number of imide groups is 1. The van der Waals surface area contributed by atoms with E-state index >= 15 is 0 Å². The highest BCUT2D eigenvalue weighted by Gasteiger charge is 2.74. The van der Waals surface area contributed by atoms with Crippen LogP contribution in [0.3, 0.4) is 0 Å². The van der Waals surface area contributed by atoms with Gasteiger partial charge in [0.25, 0.3) is 0 Å². The van der Waals surface area contributed by atoms with E-state index in [9.17, 15) is 19.2 Å². The van der Waals surface area contributed by atoms with Gasteiger partial charge in [0.15, 0.2) is 0 Å². The lowest BCUT2D eigenvalue weighted by Gasteiger charge is -2.27. The van der Waals surface area contributed by atoms with Crippen LogP contribution in [0.15, 0.2) is 72.8 Å². The zero-order valence-corrected chi connectivity index (χ0v) is 19.5. The van der Waals surface area contributed by atoms with Gasteiger partial charge in [0.05, 0.1) is 23.6 Å². The van der Waals surface area contributed by atoms with Crippen molar-refractivity contribution in [3.8, 4) is 0 Å². The first-order valence-corrected chi connectivity index (χ1v) is 11.8. The smallest absolute Gasteiger partial charge is 0.241 e. The third kappa shape index (κ3) is 2.87. The van der Waals surface area contributed by atoms with Crippen molar-refractivity contribution in [1.29, 1.82) is 0 Å². The van der Waals surface area contributed by atoms with Crippen LogP contribution in [-0.2, 0) is 20.7 Å². The molecule has 2 saturated heterocycles. The van der Waals surface area contributed by atoms with Crippen molar-refractivity contribution in [3.05, 3.63) is 100 Å². The minimum absolute atomic E-state index is 0.203. The Kier molecular flexibility index (Phi) is 4.82. The summed E-state index contributed by atoms with van der Waals surface area (Å²) < 4.78 is 6.26. The van der Waals surface area contributed by atoms with Crippen LogP contribution in [0.1, 0.15) is 44.9 Å². The van der Waals surface area contributed by atoms with E-state index < -0.39 is 46.9 Å². The van der Waals surface area contributed by atoms with Gasteiger partial charge in [-0.05, 0) is 41.8 Å². The maximum Gasteiger partial charge on any atom is 0.241 e. The fourth-order valence-corrected chi connectivity index (χ4v) is 5.84. The summed E-state index contributed by atoms with van der Waals surface area (Å²) in [7, 11) is 0. The van der Waals surface area contributed by atoms with Crippen LogP contribution in [0.2, 0.25) is 5.02 Å². The summed E-state index contributed by atoms with van der Waals surface area (Å²) in [4.78, 5) is 56.3. The zero-order valence-electron chi connectivity index (χ0n) is 18.7. The second kappa shape index (κ2) is 7.70. The number of fused-ring (bicyclic) bond motifs is 3. The molecular formula is C28H20ClNO5. The van der Waals surface area contributed by atoms with Gasteiger partial charge in [-0.3, -0.25) is 19.2 Å². The van der Waals surface area contributed by atoms with E-state index in [1.54, 1.807) is 60.7 Å². The summed E-state index contributed by atoms with van der Waals surface area (Å²) in [5, 5.41) is 0.416. The van der Waals surface area contributed by atoms with Crippen LogP contribution in [0.4, 0.5) is 5.69 Å². The molecule has 2 heterocycles. The van der Waals surface area contributed by atoms with E-state index in [0.29, 0.717) is 16.3 Å². The maximum atomic E-state index is 13.9. The topological polar surface area (TPSA) is 80.8 Å². The number of carbonyl (C=O) groups is 4. The molecule has 2 aliphatic heterocycles. The fraction of sp³-hybridized carbons (Fsp3) is 0.214. The molecule has 0 N–H and O–H groups in total. The van der Waals surface area contributed by atoms with Crippen molar-refractivity contribution in [2.75, 3.05) is 4.90 Å². The molecule has 3 aliphatic rings. The molecule has 174 valence electrons. The standard InChI is InChI=1S/C28H20ClNO5/c1-2-15-10-12-18(13-11-15)30-26(33)21-22(27(30)34)28(35-23(21)16-6-5-7-17(29)14-16)24(31)19-8-3-4-9-20(19)25(28)32/h3-14,21-23H,2H2,1H3/t21-,22+,23+/m1/s1. The van der Waals surface area contributed by atoms with Crippen LogP contribution in [0.5, 0.6) is 0 Å². The molecule has 0 unspecified atom stereocenters. The Balaban J connectivity index is 1.53. The first kappa shape index (κ1) is 21.9. The van der Waals surface area contributed by atoms with Crippen LogP contribution in [0.25, 0.3) is 0 Å². The summed E-state index contributed by atoms with van der Waals surface area (Å²) in [5.74, 6) is -4.60. The average Bonchev–Trinajstić information content (AvgIpc) is 3.44.